The van der Waals surface area contributed by atoms with Crippen molar-refractivity contribution in [3.63, 3.8) is 0 Å². The first kappa shape index (κ1) is 12.2. The summed E-state index contributed by atoms with van der Waals surface area (Å²) in [5.74, 6) is 0. The Labute approximate surface area is 90.9 Å². The first-order chi connectivity index (χ1) is 7.15. The van der Waals surface area contributed by atoms with Crippen LogP contribution in [-0.2, 0) is 17.7 Å². The van der Waals surface area contributed by atoms with Gasteiger partial charge in [-0.3, -0.25) is 4.68 Å². The van der Waals surface area contributed by atoms with E-state index in [4.69, 9.17) is 4.74 Å². The third-order valence-electron chi connectivity index (χ3n) is 2.49. The summed E-state index contributed by atoms with van der Waals surface area (Å²) in [4.78, 5) is 0. The highest BCUT2D eigenvalue weighted by molar-refractivity contribution is 5.05. The Balaban J connectivity index is 2.40. The molecule has 4 heteroatoms. The summed E-state index contributed by atoms with van der Waals surface area (Å²) in [7, 11) is 1.66. The van der Waals surface area contributed by atoms with E-state index in [1.54, 1.807) is 7.11 Å². The quantitative estimate of drug-likeness (QED) is 0.771. The maximum absolute atomic E-state index is 9.77. The van der Waals surface area contributed by atoms with E-state index in [1.807, 2.05) is 30.9 Å². The maximum Gasteiger partial charge on any atom is 0.0606 e. The van der Waals surface area contributed by atoms with Gasteiger partial charge in [0.1, 0.15) is 0 Å². The van der Waals surface area contributed by atoms with Crippen molar-refractivity contribution in [1.82, 2.24) is 9.78 Å². The molecule has 0 saturated carbocycles. The Bertz CT molecular complexity index is 286. The number of aliphatic hydroxyl groups is 1. The molecule has 15 heavy (non-hydrogen) atoms. The molecular formula is C11H20N2O2. The molecule has 2 atom stereocenters. The summed E-state index contributed by atoms with van der Waals surface area (Å²) in [5, 5.41) is 13.9. The fourth-order valence-corrected chi connectivity index (χ4v) is 1.52. The zero-order valence-electron chi connectivity index (χ0n) is 9.68. The minimum atomic E-state index is -0.352. The maximum atomic E-state index is 9.77. The van der Waals surface area contributed by atoms with Gasteiger partial charge in [-0.2, -0.15) is 5.10 Å². The van der Waals surface area contributed by atoms with Crippen LogP contribution in [0.3, 0.4) is 0 Å². The Morgan fingerprint density at radius 3 is 2.87 bits per heavy atom. The second kappa shape index (κ2) is 5.88. The number of ether oxygens (including phenoxy) is 1. The van der Waals surface area contributed by atoms with E-state index in [9.17, 15) is 5.11 Å². The van der Waals surface area contributed by atoms with Crippen molar-refractivity contribution in [2.24, 2.45) is 0 Å². The Hall–Kier alpha value is -0.870. The van der Waals surface area contributed by atoms with E-state index >= 15 is 0 Å². The zero-order chi connectivity index (χ0) is 11.3. The number of aliphatic hydroxyl groups excluding tert-OH is 1. The molecule has 0 aliphatic carbocycles. The number of aryl methyl sites for hydroxylation is 1. The van der Waals surface area contributed by atoms with E-state index in [2.05, 4.69) is 5.10 Å². The van der Waals surface area contributed by atoms with E-state index in [0.29, 0.717) is 12.8 Å². The summed E-state index contributed by atoms with van der Waals surface area (Å²) in [6.07, 6.45) is 4.84. The largest absolute Gasteiger partial charge is 0.393 e. The molecule has 0 aliphatic rings. The molecule has 1 heterocycles. The van der Waals surface area contributed by atoms with Crippen LogP contribution < -0.4 is 0 Å². The number of hydrogen-bond acceptors (Lipinski definition) is 3. The van der Waals surface area contributed by atoms with Gasteiger partial charge in [-0.05, 0) is 25.8 Å². The second-order valence-corrected chi connectivity index (χ2v) is 3.84. The van der Waals surface area contributed by atoms with E-state index in [1.165, 1.54) is 0 Å². The van der Waals surface area contributed by atoms with Crippen LogP contribution in [0.4, 0.5) is 0 Å². The van der Waals surface area contributed by atoms with Crippen molar-refractivity contribution in [3.05, 3.63) is 18.0 Å². The highest BCUT2D eigenvalue weighted by atomic mass is 16.5. The average molecular weight is 212 g/mol. The molecule has 86 valence electrons. The minimum Gasteiger partial charge on any atom is -0.393 e. The average Bonchev–Trinajstić information content (AvgIpc) is 2.65. The molecule has 1 aromatic rings. The number of methoxy groups -OCH3 is 1. The molecule has 4 nitrogen and oxygen atoms in total. The van der Waals surface area contributed by atoms with Crippen molar-refractivity contribution in [3.8, 4) is 0 Å². The van der Waals surface area contributed by atoms with Crippen LogP contribution in [0, 0.1) is 0 Å². The van der Waals surface area contributed by atoms with Crippen LogP contribution in [0.5, 0.6) is 0 Å². The smallest absolute Gasteiger partial charge is 0.0606 e. The van der Waals surface area contributed by atoms with Gasteiger partial charge < -0.3 is 9.84 Å². The molecule has 0 aromatic carbocycles. The van der Waals surface area contributed by atoms with Crippen molar-refractivity contribution < 1.29 is 9.84 Å². The van der Waals surface area contributed by atoms with Crippen LogP contribution in [-0.4, -0.2) is 34.2 Å². The SMILES string of the molecule is CCn1cc(CC(O)CC(C)OC)cn1. The lowest BCUT2D eigenvalue weighted by Gasteiger charge is -2.14. The third kappa shape index (κ3) is 4.01. The minimum absolute atomic E-state index is 0.0984. The number of aromatic nitrogens is 2. The molecule has 2 unspecified atom stereocenters. The monoisotopic (exact) mass is 212 g/mol. The van der Waals surface area contributed by atoms with Crippen LogP contribution in [0.1, 0.15) is 25.8 Å². The molecule has 1 N–H and O–H groups in total. The summed E-state index contributed by atoms with van der Waals surface area (Å²) >= 11 is 0. The molecule has 1 aromatic heterocycles. The molecule has 0 fully saturated rings. The molecule has 0 amide bonds. The van der Waals surface area contributed by atoms with Gasteiger partial charge in [0.15, 0.2) is 0 Å². The van der Waals surface area contributed by atoms with Gasteiger partial charge >= 0.3 is 0 Å². The van der Waals surface area contributed by atoms with Gasteiger partial charge in [0.25, 0.3) is 0 Å². The fraction of sp³-hybridized carbons (Fsp3) is 0.727. The van der Waals surface area contributed by atoms with Gasteiger partial charge in [0, 0.05) is 26.3 Å². The summed E-state index contributed by atoms with van der Waals surface area (Å²) in [5.41, 5.74) is 1.08. The van der Waals surface area contributed by atoms with E-state index in [0.717, 1.165) is 12.1 Å². The number of nitrogens with zero attached hydrogens (tertiary/aromatic N) is 2. The van der Waals surface area contributed by atoms with E-state index < -0.39 is 0 Å². The summed E-state index contributed by atoms with van der Waals surface area (Å²) in [6, 6.07) is 0. The highest BCUT2D eigenvalue weighted by Crippen LogP contribution is 2.08. The molecule has 0 spiro atoms. The van der Waals surface area contributed by atoms with Crippen molar-refractivity contribution in [2.45, 2.75) is 45.4 Å². The van der Waals surface area contributed by atoms with Crippen LogP contribution in [0.2, 0.25) is 0 Å². The van der Waals surface area contributed by atoms with Crippen molar-refractivity contribution >= 4 is 0 Å². The Kier molecular flexibility index (Phi) is 4.78. The molecular weight excluding hydrogens is 192 g/mol. The van der Waals surface area contributed by atoms with Gasteiger partial charge in [-0.15, -0.1) is 0 Å². The van der Waals surface area contributed by atoms with E-state index in [-0.39, 0.29) is 12.2 Å². The van der Waals surface area contributed by atoms with Crippen LogP contribution in [0.15, 0.2) is 12.4 Å². The number of rotatable bonds is 6. The molecule has 0 saturated heterocycles. The first-order valence-electron chi connectivity index (χ1n) is 5.37. The summed E-state index contributed by atoms with van der Waals surface area (Å²) < 4.78 is 6.97. The Morgan fingerprint density at radius 2 is 2.33 bits per heavy atom. The van der Waals surface area contributed by atoms with Gasteiger partial charge in [0.05, 0.1) is 18.4 Å². The van der Waals surface area contributed by atoms with Crippen molar-refractivity contribution in [1.29, 1.82) is 0 Å². The van der Waals surface area contributed by atoms with Gasteiger partial charge in [-0.1, -0.05) is 0 Å². The lowest BCUT2D eigenvalue weighted by atomic mass is 10.1. The van der Waals surface area contributed by atoms with Gasteiger partial charge in [-0.25, -0.2) is 0 Å². The lowest BCUT2D eigenvalue weighted by molar-refractivity contribution is 0.0565. The summed E-state index contributed by atoms with van der Waals surface area (Å²) in [6.45, 7) is 4.86. The predicted octanol–water partition coefficient (Wildman–Crippen LogP) is 1.23. The Morgan fingerprint density at radius 1 is 1.60 bits per heavy atom. The third-order valence-corrected chi connectivity index (χ3v) is 2.49. The topological polar surface area (TPSA) is 47.3 Å². The van der Waals surface area contributed by atoms with Gasteiger partial charge in [0.2, 0.25) is 0 Å². The fourth-order valence-electron chi connectivity index (χ4n) is 1.52. The molecule has 0 radical (unpaired) electrons. The highest BCUT2D eigenvalue weighted by Gasteiger charge is 2.11. The number of hydrogen-bond donors (Lipinski definition) is 1. The van der Waals surface area contributed by atoms with Crippen LogP contribution >= 0.6 is 0 Å². The second-order valence-electron chi connectivity index (χ2n) is 3.84. The lowest BCUT2D eigenvalue weighted by Crippen LogP contribution is -2.18. The molecule has 0 bridgehead atoms. The standard InChI is InChI=1S/C11H20N2O2/c1-4-13-8-10(7-12-13)6-11(14)5-9(2)15-3/h7-9,11,14H,4-6H2,1-3H3. The van der Waals surface area contributed by atoms with Crippen molar-refractivity contribution in [2.75, 3.05) is 7.11 Å². The zero-order valence-corrected chi connectivity index (χ0v) is 9.68. The first-order valence-corrected chi connectivity index (χ1v) is 5.37. The van der Waals surface area contributed by atoms with Crippen LogP contribution in [0.25, 0.3) is 0 Å². The molecule has 1 rings (SSSR count). The predicted molar refractivity (Wildman–Crippen MR) is 58.7 cm³/mol. The molecule has 0 aliphatic heterocycles. The normalized spacial score (nSPS) is 15.2.